The number of carbonyl (C=O) groups is 2. The number of nitrogens with one attached hydrogen (secondary N) is 2. The molecule has 0 heterocycles. The van der Waals surface area contributed by atoms with Gasteiger partial charge in [0.25, 0.3) is 5.91 Å². The third kappa shape index (κ3) is 6.66. The molecule has 8 heteroatoms. The van der Waals surface area contributed by atoms with Crippen LogP contribution in [0.4, 0.5) is 4.79 Å². The zero-order chi connectivity index (χ0) is 20.0. The van der Waals surface area contributed by atoms with Crippen molar-refractivity contribution in [1.29, 1.82) is 0 Å². The first-order chi connectivity index (χ1) is 12.7. The van der Waals surface area contributed by atoms with E-state index in [-0.39, 0.29) is 11.6 Å². The fourth-order valence-corrected chi connectivity index (χ4v) is 2.82. The van der Waals surface area contributed by atoms with E-state index in [4.69, 9.17) is 32.7 Å². The number of amides is 2. The SMILES string of the molecule is Cc1cc(C)cc(COC(=O)NNC(=O)C(C)Oc2ccc(Cl)cc2Cl)c1. The van der Waals surface area contributed by atoms with Gasteiger partial charge >= 0.3 is 6.09 Å². The molecule has 1 atom stereocenters. The van der Waals surface area contributed by atoms with E-state index in [1.165, 1.54) is 13.0 Å². The average molecular weight is 411 g/mol. The summed E-state index contributed by atoms with van der Waals surface area (Å²) in [6, 6.07) is 10.5. The van der Waals surface area contributed by atoms with E-state index in [9.17, 15) is 9.59 Å². The first-order valence-electron chi connectivity index (χ1n) is 8.16. The van der Waals surface area contributed by atoms with E-state index in [1.807, 2.05) is 32.0 Å². The van der Waals surface area contributed by atoms with Crippen LogP contribution in [0.15, 0.2) is 36.4 Å². The Balaban J connectivity index is 1.79. The molecule has 2 aromatic carbocycles. The molecule has 0 aliphatic carbocycles. The van der Waals surface area contributed by atoms with Gasteiger partial charge in [0, 0.05) is 5.02 Å². The van der Waals surface area contributed by atoms with Crippen LogP contribution < -0.4 is 15.6 Å². The fraction of sp³-hybridized carbons (Fsp3) is 0.263. The maximum absolute atomic E-state index is 12.0. The Kier molecular flexibility index (Phi) is 7.33. The van der Waals surface area contributed by atoms with Crippen LogP contribution in [0.5, 0.6) is 5.75 Å². The van der Waals surface area contributed by atoms with E-state index >= 15 is 0 Å². The second-order valence-corrected chi connectivity index (χ2v) is 6.86. The van der Waals surface area contributed by atoms with Gasteiger partial charge in [-0.25, -0.2) is 10.2 Å². The summed E-state index contributed by atoms with van der Waals surface area (Å²) in [5.74, 6) is -0.259. The number of hydrogen-bond donors (Lipinski definition) is 2. The van der Waals surface area contributed by atoms with Gasteiger partial charge in [-0.2, -0.15) is 0 Å². The number of hydrazine groups is 1. The summed E-state index contributed by atoms with van der Waals surface area (Å²) in [6.07, 6.45) is -1.68. The summed E-state index contributed by atoms with van der Waals surface area (Å²) in [5.41, 5.74) is 7.43. The Morgan fingerprint density at radius 2 is 1.70 bits per heavy atom. The summed E-state index contributed by atoms with van der Waals surface area (Å²) in [6.45, 7) is 5.54. The third-order valence-corrected chi connectivity index (χ3v) is 4.04. The molecule has 0 spiro atoms. The van der Waals surface area contributed by atoms with Crippen LogP contribution in [0.2, 0.25) is 10.0 Å². The van der Waals surface area contributed by atoms with Crippen molar-refractivity contribution in [2.24, 2.45) is 0 Å². The van der Waals surface area contributed by atoms with E-state index in [1.54, 1.807) is 12.1 Å². The Morgan fingerprint density at radius 3 is 2.33 bits per heavy atom. The topological polar surface area (TPSA) is 76.7 Å². The summed E-state index contributed by atoms with van der Waals surface area (Å²) in [7, 11) is 0. The lowest BCUT2D eigenvalue weighted by atomic mass is 10.1. The highest BCUT2D eigenvalue weighted by atomic mass is 35.5. The summed E-state index contributed by atoms with van der Waals surface area (Å²) in [4.78, 5) is 23.8. The number of halogens is 2. The van der Waals surface area contributed by atoms with E-state index in [2.05, 4.69) is 10.9 Å². The van der Waals surface area contributed by atoms with Gasteiger partial charge in [0.1, 0.15) is 12.4 Å². The molecule has 2 N–H and O–H groups in total. The predicted molar refractivity (Wildman–Crippen MR) is 104 cm³/mol. The number of hydrogen-bond acceptors (Lipinski definition) is 4. The maximum atomic E-state index is 12.0. The van der Waals surface area contributed by atoms with Gasteiger partial charge in [-0.1, -0.05) is 52.5 Å². The smallest absolute Gasteiger partial charge is 0.426 e. The molecule has 0 aromatic heterocycles. The zero-order valence-electron chi connectivity index (χ0n) is 15.1. The predicted octanol–water partition coefficient (Wildman–Crippen LogP) is 4.34. The second-order valence-electron chi connectivity index (χ2n) is 6.02. The van der Waals surface area contributed by atoms with Crippen molar-refractivity contribution in [2.75, 3.05) is 0 Å². The maximum Gasteiger partial charge on any atom is 0.426 e. The minimum absolute atomic E-state index is 0.0939. The molecular weight excluding hydrogens is 391 g/mol. The van der Waals surface area contributed by atoms with Crippen LogP contribution in [-0.2, 0) is 16.1 Å². The molecule has 0 saturated carbocycles. The van der Waals surface area contributed by atoms with E-state index in [0.29, 0.717) is 10.8 Å². The lowest BCUT2D eigenvalue weighted by molar-refractivity contribution is -0.128. The molecular formula is C19H20Cl2N2O4. The number of benzene rings is 2. The Labute approximate surface area is 167 Å². The summed E-state index contributed by atoms with van der Waals surface area (Å²) in [5, 5.41) is 0.737. The normalized spacial score (nSPS) is 11.4. The average Bonchev–Trinajstić information content (AvgIpc) is 2.59. The lowest BCUT2D eigenvalue weighted by Gasteiger charge is -2.16. The largest absolute Gasteiger partial charge is 0.479 e. The summed E-state index contributed by atoms with van der Waals surface area (Å²) < 4.78 is 10.5. The molecule has 2 amide bonds. The minimum atomic E-state index is -0.900. The van der Waals surface area contributed by atoms with Gasteiger partial charge in [0.2, 0.25) is 0 Å². The fourth-order valence-electron chi connectivity index (χ4n) is 2.37. The van der Waals surface area contributed by atoms with Crippen molar-refractivity contribution in [3.05, 3.63) is 63.1 Å². The number of carbonyl (C=O) groups excluding carboxylic acids is 2. The molecule has 0 bridgehead atoms. The molecule has 1 unspecified atom stereocenters. The second kappa shape index (κ2) is 9.48. The van der Waals surface area contributed by atoms with Crippen LogP contribution in [0.3, 0.4) is 0 Å². The van der Waals surface area contributed by atoms with Crippen LogP contribution >= 0.6 is 23.2 Å². The Morgan fingerprint density at radius 1 is 1.04 bits per heavy atom. The van der Waals surface area contributed by atoms with Gasteiger partial charge in [-0.05, 0) is 44.5 Å². The lowest BCUT2D eigenvalue weighted by Crippen LogP contribution is -2.47. The minimum Gasteiger partial charge on any atom is -0.479 e. The van der Waals surface area contributed by atoms with E-state index < -0.39 is 18.1 Å². The molecule has 0 aliphatic rings. The van der Waals surface area contributed by atoms with Gasteiger partial charge in [0.05, 0.1) is 5.02 Å². The van der Waals surface area contributed by atoms with Crippen LogP contribution in [0.1, 0.15) is 23.6 Å². The standard InChI is InChI=1S/C19H20Cl2N2O4/c1-11-6-12(2)8-14(7-11)10-26-19(25)23-22-18(24)13(3)27-17-5-4-15(20)9-16(17)21/h4-9,13H,10H2,1-3H3,(H,22,24)(H,23,25). The number of aryl methyl sites for hydroxylation is 2. The molecule has 0 radical (unpaired) electrons. The molecule has 2 aromatic rings. The first kappa shape index (κ1) is 20.9. The molecule has 0 aliphatic heterocycles. The van der Waals surface area contributed by atoms with Gasteiger partial charge < -0.3 is 9.47 Å². The molecule has 144 valence electrons. The molecule has 0 saturated heterocycles. The quantitative estimate of drug-likeness (QED) is 0.718. The first-order valence-corrected chi connectivity index (χ1v) is 8.91. The van der Waals surface area contributed by atoms with Crippen LogP contribution in [0, 0.1) is 13.8 Å². The Hall–Kier alpha value is -2.44. The van der Waals surface area contributed by atoms with E-state index in [0.717, 1.165) is 16.7 Å². The van der Waals surface area contributed by atoms with Gasteiger partial charge in [0.15, 0.2) is 6.10 Å². The Bertz CT molecular complexity index is 822. The zero-order valence-corrected chi connectivity index (χ0v) is 16.6. The number of rotatable bonds is 5. The number of ether oxygens (including phenoxy) is 2. The van der Waals surface area contributed by atoms with Crippen molar-refractivity contribution in [2.45, 2.75) is 33.5 Å². The van der Waals surface area contributed by atoms with Crippen LogP contribution in [-0.4, -0.2) is 18.1 Å². The van der Waals surface area contributed by atoms with Crippen LogP contribution in [0.25, 0.3) is 0 Å². The van der Waals surface area contributed by atoms with Gasteiger partial charge in [-0.3, -0.25) is 10.2 Å². The van der Waals surface area contributed by atoms with Gasteiger partial charge in [-0.15, -0.1) is 0 Å². The highest BCUT2D eigenvalue weighted by Crippen LogP contribution is 2.28. The highest BCUT2D eigenvalue weighted by Gasteiger charge is 2.17. The van der Waals surface area contributed by atoms with Crippen molar-refractivity contribution in [3.63, 3.8) is 0 Å². The molecule has 27 heavy (non-hydrogen) atoms. The molecule has 0 fully saturated rings. The third-order valence-electron chi connectivity index (χ3n) is 3.51. The van der Waals surface area contributed by atoms with Crippen molar-refractivity contribution >= 4 is 35.2 Å². The van der Waals surface area contributed by atoms with Crippen molar-refractivity contribution in [1.82, 2.24) is 10.9 Å². The van der Waals surface area contributed by atoms with Crippen molar-refractivity contribution < 1.29 is 19.1 Å². The monoisotopic (exact) mass is 410 g/mol. The van der Waals surface area contributed by atoms with Crippen molar-refractivity contribution in [3.8, 4) is 5.75 Å². The molecule has 2 rings (SSSR count). The highest BCUT2D eigenvalue weighted by molar-refractivity contribution is 6.35. The summed E-state index contributed by atoms with van der Waals surface area (Å²) >= 11 is 11.8. The molecule has 6 nitrogen and oxygen atoms in total.